The third-order valence-corrected chi connectivity index (χ3v) is 3.02. The molecule has 0 fully saturated rings. The fraction of sp³-hybridized carbons (Fsp3) is 0.200. The first-order valence-corrected chi connectivity index (χ1v) is 6.40. The van der Waals surface area contributed by atoms with Gasteiger partial charge in [0.2, 0.25) is 0 Å². The number of benzene rings is 2. The van der Waals surface area contributed by atoms with Gasteiger partial charge in [-0.2, -0.15) is 0 Å². The van der Waals surface area contributed by atoms with Crippen molar-refractivity contribution in [3.05, 3.63) is 64.7 Å². The molecule has 0 unspecified atom stereocenters. The molecule has 3 nitrogen and oxygen atoms in total. The smallest absolute Gasteiger partial charge is 0.189 e. The summed E-state index contributed by atoms with van der Waals surface area (Å²) >= 11 is 6.04. The highest BCUT2D eigenvalue weighted by Crippen LogP contribution is 2.22. The molecule has 0 bridgehead atoms. The summed E-state index contributed by atoms with van der Waals surface area (Å²) in [5.74, 6) is 0.676. The van der Waals surface area contributed by atoms with E-state index >= 15 is 0 Å². The molecule has 0 saturated carbocycles. The fourth-order valence-corrected chi connectivity index (χ4v) is 1.87. The minimum atomic E-state index is 0.188. The van der Waals surface area contributed by atoms with Gasteiger partial charge >= 0.3 is 0 Å². The largest absolute Gasteiger partial charge is 0.467 e. The van der Waals surface area contributed by atoms with Crippen molar-refractivity contribution in [2.24, 2.45) is 5.73 Å². The van der Waals surface area contributed by atoms with Crippen molar-refractivity contribution in [1.82, 2.24) is 0 Å². The predicted molar refractivity (Wildman–Crippen MR) is 76.1 cm³/mol. The van der Waals surface area contributed by atoms with E-state index in [0.717, 1.165) is 11.1 Å². The first-order chi connectivity index (χ1) is 9.29. The Labute approximate surface area is 117 Å². The van der Waals surface area contributed by atoms with E-state index in [1.54, 1.807) is 6.07 Å². The van der Waals surface area contributed by atoms with E-state index in [2.05, 4.69) is 0 Å². The van der Waals surface area contributed by atoms with Gasteiger partial charge in [0.15, 0.2) is 6.79 Å². The maximum absolute atomic E-state index is 6.04. The lowest BCUT2D eigenvalue weighted by atomic mass is 10.2. The van der Waals surface area contributed by atoms with Gasteiger partial charge in [0.05, 0.1) is 6.61 Å². The molecule has 2 aromatic rings. The third-order valence-electron chi connectivity index (χ3n) is 2.66. The highest BCUT2D eigenvalue weighted by molar-refractivity contribution is 6.31. The van der Waals surface area contributed by atoms with Gasteiger partial charge in [-0.25, -0.2) is 0 Å². The van der Waals surface area contributed by atoms with E-state index in [0.29, 0.717) is 23.9 Å². The molecule has 0 aromatic heterocycles. The number of nitrogens with two attached hydrogens (primary N) is 1. The molecule has 0 aliphatic heterocycles. The van der Waals surface area contributed by atoms with Crippen LogP contribution in [0.25, 0.3) is 0 Å². The molecule has 0 atom stereocenters. The summed E-state index contributed by atoms with van der Waals surface area (Å²) in [6.45, 7) is 1.13. The van der Waals surface area contributed by atoms with E-state index in [1.807, 2.05) is 42.5 Å². The lowest BCUT2D eigenvalue weighted by Crippen LogP contribution is -2.03. The maximum Gasteiger partial charge on any atom is 0.189 e. The summed E-state index contributed by atoms with van der Waals surface area (Å²) in [6, 6.07) is 15.4. The highest BCUT2D eigenvalue weighted by Gasteiger charge is 2.01. The summed E-state index contributed by atoms with van der Waals surface area (Å²) in [7, 11) is 0. The highest BCUT2D eigenvalue weighted by atomic mass is 35.5. The Balaban J connectivity index is 1.78. The van der Waals surface area contributed by atoms with Crippen molar-refractivity contribution in [3.8, 4) is 5.75 Å². The van der Waals surface area contributed by atoms with Gasteiger partial charge in [0, 0.05) is 11.6 Å². The van der Waals surface area contributed by atoms with Crippen LogP contribution in [0.4, 0.5) is 0 Å². The number of hydrogen-bond acceptors (Lipinski definition) is 3. The van der Waals surface area contributed by atoms with Crippen LogP contribution in [0, 0.1) is 0 Å². The van der Waals surface area contributed by atoms with Crippen molar-refractivity contribution in [2.45, 2.75) is 13.2 Å². The quantitative estimate of drug-likeness (QED) is 0.650. The van der Waals surface area contributed by atoms with Crippen molar-refractivity contribution in [2.75, 3.05) is 6.79 Å². The molecule has 0 aliphatic rings. The second-order valence-corrected chi connectivity index (χ2v) is 4.46. The average Bonchev–Trinajstić information content (AvgIpc) is 2.45. The Morgan fingerprint density at radius 3 is 2.53 bits per heavy atom. The lowest BCUT2D eigenvalue weighted by Gasteiger charge is -2.09. The average molecular weight is 278 g/mol. The Bertz CT molecular complexity index is 517. The standard InChI is InChI=1S/C15H16ClNO2/c16-15-8-14(7-6-13(15)9-17)19-11-18-10-12-4-2-1-3-5-12/h1-8H,9-11,17H2. The molecular weight excluding hydrogens is 262 g/mol. The molecule has 2 N–H and O–H groups in total. The third kappa shape index (κ3) is 4.24. The number of rotatable bonds is 6. The summed E-state index contributed by atoms with van der Waals surface area (Å²) in [5.41, 5.74) is 7.55. The van der Waals surface area contributed by atoms with Gasteiger partial charge in [-0.1, -0.05) is 48.0 Å². The van der Waals surface area contributed by atoms with Gasteiger partial charge < -0.3 is 15.2 Å². The van der Waals surface area contributed by atoms with Crippen LogP contribution in [-0.4, -0.2) is 6.79 Å². The molecule has 4 heteroatoms. The van der Waals surface area contributed by atoms with Crippen LogP contribution in [0.5, 0.6) is 5.75 Å². The van der Waals surface area contributed by atoms with Crippen molar-refractivity contribution in [3.63, 3.8) is 0 Å². The molecular formula is C15H16ClNO2. The Hall–Kier alpha value is -1.55. The fourth-order valence-electron chi connectivity index (χ4n) is 1.63. The first-order valence-electron chi connectivity index (χ1n) is 6.02. The van der Waals surface area contributed by atoms with Crippen LogP contribution < -0.4 is 10.5 Å². The molecule has 2 rings (SSSR count). The van der Waals surface area contributed by atoms with E-state index in [9.17, 15) is 0 Å². The SMILES string of the molecule is NCc1ccc(OCOCc2ccccc2)cc1Cl. The Morgan fingerprint density at radius 1 is 1.05 bits per heavy atom. The summed E-state index contributed by atoms with van der Waals surface area (Å²) < 4.78 is 10.9. The van der Waals surface area contributed by atoms with Crippen LogP contribution >= 0.6 is 11.6 Å². The van der Waals surface area contributed by atoms with E-state index in [4.69, 9.17) is 26.8 Å². The molecule has 19 heavy (non-hydrogen) atoms. The van der Waals surface area contributed by atoms with Crippen LogP contribution in [0.3, 0.4) is 0 Å². The summed E-state index contributed by atoms with van der Waals surface area (Å²) in [4.78, 5) is 0. The van der Waals surface area contributed by atoms with Crippen LogP contribution in [0.15, 0.2) is 48.5 Å². The van der Waals surface area contributed by atoms with E-state index in [-0.39, 0.29) is 6.79 Å². The van der Waals surface area contributed by atoms with Crippen molar-refractivity contribution in [1.29, 1.82) is 0 Å². The lowest BCUT2D eigenvalue weighted by molar-refractivity contribution is 0.00504. The van der Waals surface area contributed by atoms with Crippen LogP contribution in [0.1, 0.15) is 11.1 Å². The minimum Gasteiger partial charge on any atom is -0.467 e. The minimum absolute atomic E-state index is 0.188. The molecule has 2 aromatic carbocycles. The Kier molecular flexibility index (Phi) is 5.21. The zero-order chi connectivity index (χ0) is 13.5. The summed E-state index contributed by atoms with van der Waals surface area (Å²) in [6.07, 6.45) is 0. The van der Waals surface area contributed by atoms with E-state index in [1.165, 1.54) is 0 Å². The maximum atomic E-state index is 6.04. The second kappa shape index (κ2) is 7.14. The Morgan fingerprint density at radius 2 is 1.84 bits per heavy atom. The molecule has 0 heterocycles. The number of hydrogen-bond donors (Lipinski definition) is 1. The zero-order valence-corrected chi connectivity index (χ0v) is 11.3. The molecule has 100 valence electrons. The van der Waals surface area contributed by atoms with Gasteiger partial charge in [0.25, 0.3) is 0 Å². The zero-order valence-electron chi connectivity index (χ0n) is 10.5. The van der Waals surface area contributed by atoms with Crippen molar-refractivity contribution < 1.29 is 9.47 Å². The van der Waals surface area contributed by atoms with Gasteiger partial charge in [-0.05, 0) is 23.3 Å². The van der Waals surface area contributed by atoms with Crippen LogP contribution in [-0.2, 0) is 17.9 Å². The number of ether oxygens (including phenoxy) is 2. The molecule has 0 saturated heterocycles. The molecule has 0 spiro atoms. The second-order valence-electron chi connectivity index (χ2n) is 4.05. The van der Waals surface area contributed by atoms with Crippen LogP contribution in [0.2, 0.25) is 5.02 Å². The predicted octanol–water partition coefficient (Wildman–Crippen LogP) is 3.35. The number of halogens is 1. The normalized spacial score (nSPS) is 10.4. The van der Waals surface area contributed by atoms with E-state index < -0.39 is 0 Å². The molecule has 0 amide bonds. The van der Waals surface area contributed by atoms with Gasteiger partial charge in [0.1, 0.15) is 5.75 Å². The topological polar surface area (TPSA) is 44.5 Å². The van der Waals surface area contributed by atoms with Gasteiger partial charge in [-0.15, -0.1) is 0 Å². The molecule has 0 radical (unpaired) electrons. The van der Waals surface area contributed by atoms with Crippen molar-refractivity contribution >= 4 is 11.6 Å². The summed E-state index contributed by atoms with van der Waals surface area (Å²) in [5, 5.41) is 0.614. The van der Waals surface area contributed by atoms with Gasteiger partial charge in [-0.3, -0.25) is 0 Å². The first kappa shape index (κ1) is 13.9. The monoisotopic (exact) mass is 277 g/mol. The molecule has 0 aliphatic carbocycles.